The van der Waals surface area contributed by atoms with E-state index < -0.39 is 0 Å². The second-order valence-electron chi connectivity index (χ2n) is 4.40. The molecule has 0 fully saturated rings. The summed E-state index contributed by atoms with van der Waals surface area (Å²) in [7, 11) is 1.99. The Kier molecular flexibility index (Phi) is 4.15. The first-order chi connectivity index (χ1) is 8.35. The fourth-order valence-corrected chi connectivity index (χ4v) is 2.23. The van der Waals surface area contributed by atoms with Gasteiger partial charge in [0.2, 0.25) is 0 Å². The fourth-order valence-electron chi connectivity index (χ4n) is 2.23. The van der Waals surface area contributed by atoms with Gasteiger partial charge in [0, 0.05) is 19.1 Å². The van der Waals surface area contributed by atoms with Crippen molar-refractivity contribution in [2.45, 2.75) is 25.8 Å². The van der Waals surface area contributed by atoms with Gasteiger partial charge in [-0.05, 0) is 32.0 Å². The largest absolute Gasteiger partial charge is 0.366 e. The minimum Gasteiger partial charge on any atom is -0.366 e. The highest BCUT2D eigenvalue weighted by Crippen LogP contribution is 2.19. The van der Waals surface area contributed by atoms with Crippen molar-refractivity contribution in [3.8, 4) is 0 Å². The van der Waals surface area contributed by atoms with Crippen LogP contribution in [0.3, 0.4) is 0 Å². The van der Waals surface area contributed by atoms with Crippen LogP contribution in [0.4, 0.5) is 5.69 Å². The second kappa shape index (κ2) is 5.82. The molecular weight excluding hydrogens is 210 g/mol. The third-order valence-electron chi connectivity index (χ3n) is 3.31. The van der Waals surface area contributed by atoms with Gasteiger partial charge in [0.1, 0.15) is 0 Å². The lowest BCUT2D eigenvalue weighted by atomic mass is 10.1. The predicted octanol–water partition coefficient (Wildman–Crippen LogP) is 2.52. The van der Waals surface area contributed by atoms with Crippen molar-refractivity contribution in [3.05, 3.63) is 36.2 Å². The molecule has 0 amide bonds. The topological polar surface area (TPSA) is 28.2 Å². The third-order valence-corrected chi connectivity index (χ3v) is 3.31. The Morgan fingerprint density at radius 1 is 1.41 bits per heavy atom. The highest BCUT2D eigenvalue weighted by Gasteiger charge is 2.10. The van der Waals surface area contributed by atoms with E-state index in [9.17, 15) is 0 Å². The van der Waals surface area contributed by atoms with E-state index in [2.05, 4.69) is 46.4 Å². The maximum atomic E-state index is 4.57. The van der Waals surface area contributed by atoms with Gasteiger partial charge in [0.25, 0.3) is 0 Å². The van der Waals surface area contributed by atoms with E-state index in [0.29, 0.717) is 6.04 Å². The average molecular weight is 231 g/mol. The Hall–Kier alpha value is -1.35. The van der Waals surface area contributed by atoms with Crippen LogP contribution in [0.5, 0.6) is 0 Å². The Morgan fingerprint density at radius 2 is 2.29 bits per heavy atom. The monoisotopic (exact) mass is 231 g/mol. The van der Waals surface area contributed by atoms with Crippen molar-refractivity contribution in [3.63, 3.8) is 0 Å². The van der Waals surface area contributed by atoms with Crippen molar-refractivity contribution in [2.24, 2.45) is 0 Å². The van der Waals surface area contributed by atoms with Crippen molar-refractivity contribution in [1.82, 2.24) is 10.3 Å². The molecule has 0 bridgehead atoms. The van der Waals surface area contributed by atoms with Crippen LogP contribution in [0.25, 0.3) is 0 Å². The molecule has 1 atom stereocenters. The van der Waals surface area contributed by atoms with Crippen LogP contribution >= 0.6 is 0 Å². The third kappa shape index (κ3) is 2.86. The molecule has 2 rings (SSSR count). The molecule has 3 nitrogen and oxygen atoms in total. The summed E-state index contributed by atoms with van der Waals surface area (Å²) in [4.78, 5) is 6.93. The van der Waals surface area contributed by atoms with E-state index in [1.165, 1.54) is 5.69 Å². The molecule has 1 aliphatic heterocycles. The van der Waals surface area contributed by atoms with Gasteiger partial charge in [-0.25, -0.2) is 0 Å². The predicted molar refractivity (Wildman–Crippen MR) is 72.3 cm³/mol. The van der Waals surface area contributed by atoms with E-state index in [-0.39, 0.29) is 0 Å². The van der Waals surface area contributed by atoms with Crippen LogP contribution < -0.4 is 10.2 Å². The Balaban J connectivity index is 2.09. The van der Waals surface area contributed by atoms with Crippen LogP contribution in [0.1, 0.15) is 31.5 Å². The maximum absolute atomic E-state index is 4.57. The summed E-state index contributed by atoms with van der Waals surface area (Å²) in [5.41, 5.74) is 2.36. The highest BCUT2D eigenvalue weighted by molar-refractivity contribution is 5.46. The summed E-state index contributed by atoms with van der Waals surface area (Å²) < 4.78 is 0. The average Bonchev–Trinajstić information content (AvgIpc) is 2.42. The molecule has 92 valence electrons. The lowest BCUT2D eigenvalue weighted by Gasteiger charge is -2.25. The van der Waals surface area contributed by atoms with Crippen molar-refractivity contribution < 1.29 is 0 Å². The number of hydrogen-bond acceptors (Lipinski definition) is 3. The molecule has 0 aliphatic carbocycles. The standard InChI is InChI=1S/C14H21N3/c1-3-13(15-2)14-8-7-12(11-16-14)17-9-5-4-6-10-17/h4-5,7-8,11,13,15H,3,6,9-10H2,1-2H3. The molecule has 1 aromatic rings. The van der Waals surface area contributed by atoms with Crippen LogP contribution in [-0.2, 0) is 0 Å². The van der Waals surface area contributed by atoms with E-state index in [1.54, 1.807) is 0 Å². The molecule has 0 radical (unpaired) electrons. The fraction of sp³-hybridized carbons (Fsp3) is 0.500. The number of nitrogens with one attached hydrogen (secondary N) is 1. The lowest BCUT2D eigenvalue weighted by Crippen LogP contribution is -2.27. The van der Waals surface area contributed by atoms with Crippen LogP contribution in [0.2, 0.25) is 0 Å². The molecule has 1 aromatic heterocycles. The van der Waals surface area contributed by atoms with Crippen molar-refractivity contribution >= 4 is 5.69 Å². The van der Waals surface area contributed by atoms with Gasteiger partial charge in [-0.15, -0.1) is 0 Å². The van der Waals surface area contributed by atoms with Gasteiger partial charge in [0.15, 0.2) is 0 Å². The normalized spacial score (nSPS) is 17.2. The van der Waals surface area contributed by atoms with Gasteiger partial charge >= 0.3 is 0 Å². The molecule has 1 aliphatic rings. The molecule has 1 N–H and O–H groups in total. The van der Waals surface area contributed by atoms with Crippen molar-refractivity contribution in [1.29, 1.82) is 0 Å². The summed E-state index contributed by atoms with van der Waals surface area (Å²) in [6, 6.07) is 4.69. The zero-order valence-electron chi connectivity index (χ0n) is 10.7. The summed E-state index contributed by atoms with van der Waals surface area (Å²) in [5, 5.41) is 3.28. The lowest BCUT2D eigenvalue weighted by molar-refractivity contribution is 0.561. The minimum absolute atomic E-state index is 0.366. The van der Waals surface area contributed by atoms with Gasteiger partial charge in [-0.2, -0.15) is 0 Å². The van der Waals surface area contributed by atoms with Gasteiger partial charge in [-0.3, -0.25) is 4.98 Å². The van der Waals surface area contributed by atoms with E-state index in [0.717, 1.165) is 31.6 Å². The Bertz CT molecular complexity index is 366. The summed E-state index contributed by atoms with van der Waals surface area (Å²) >= 11 is 0. The zero-order valence-corrected chi connectivity index (χ0v) is 10.7. The number of hydrogen-bond donors (Lipinski definition) is 1. The van der Waals surface area contributed by atoms with E-state index >= 15 is 0 Å². The van der Waals surface area contributed by atoms with Gasteiger partial charge in [0.05, 0.1) is 17.6 Å². The number of pyridine rings is 1. The van der Waals surface area contributed by atoms with Crippen molar-refractivity contribution in [2.75, 3.05) is 25.0 Å². The molecular formula is C14H21N3. The highest BCUT2D eigenvalue weighted by atomic mass is 15.1. The van der Waals surface area contributed by atoms with Crippen LogP contribution in [0, 0.1) is 0 Å². The SMILES string of the molecule is CCC(NC)c1ccc(N2CC=CCC2)cn1. The molecule has 1 unspecified atom stereocenters. The summed E-state index contributed by atoms with van der Waals surface area (Å²) in [5.74, 6) is 0. The first-order valence-electron chi connectivity index (χ1n) is 6.38. The number of rotatable bonds is 4. The summed E-state index contributed by atoms with van der Waals surface area (Å²) in [6.07, 6.45) is 8.66. The van der Waals surface area contributed by atoms with Crippen LogP contribution in [0.15, 0.2) is 30.5 Å². The molecule has 0 aromatic carbocycles. The maximum Gasteiger partial charge on any atom is 0.0574 e. The van der Waals surface area contributed by atoms with Gasteiger partial charge in [-0.1, -0.05) is 19.1 Å². The zero-order chi connectivity index (χ0) is 12.1. The Morgan fingerprint density at radius 3 is 2.82 bits per heavy atom. The molecule has 0 spiro atoms. The molecule has 2 heterocycles. The van der Waals surface area contributed by atoms with E-state index in [4.69, 9.17) is 0 Å². The smallest absolute Gasteiger partial charge is 0.0574 e. The number of aromatic nitrogens is 1. The number of nitrogens with zero attached hydrogens (tertiary/aromatic N) is 2. The van der Waals surface area contributed by atoms with Gasteiger partial charge < -0.3 is 10.2 Å². The molecule has 0 saturated heterocycles. The quantitative estimate of drug-likeness (QED) is 0.807. The van der Waals surface area contributed by atoms with E-state index in [1.807, 2.05) is 13.2 Å². The number of anilines is 1. The Labute approximate surface area is 104 Å². The van der Waals surface area contributed by atoms with Crippen LogP contribution in [-0.4, -0.2) is 25.1 Å². The molecule has 17 heavy (non-hydrogen) atoms. The molecule has 3 heteroatoms. The summed E-state index contributed by atoms with van der Waals surface area (Å²) in [6.45, 7) is 4.28. The minimum atomic E-state index is 0.366. The molecule has 0 saturated carbocycles. The first-order valence-corrected chi connectivity index (χ1v) is 6.38. The second-order valence-corrected chi connectivity index (χ2v) is 4.40. The first kappa shape index (κ1) is 12.1.